The van der Waals surface area contributed by atoms with E-state index in [4.69, 9.17) is 4.74 Å². The third-order valence-corrected chi connectivity index (χ3v) is 7.09. The monoisotopic (exact) mass is 456 g/mol. The van der Waals surface area contributed by atoms with Crippen molar-refractivity contribution in [3.8, 4) is 5.75 Å². The van der Waals surface area contributed by atoms with Crippen LogP contribution in [0.4, 0.5) is 13.2 Å². The lowest BCUT2D eigenvalue weighted by atomic mass is 10.1. The summed E-state index contributed by atoms with van der Waals surface area (Å²) in [5.74, 6) is 0.592. The largest absolute Gasteiger partial charge is 0.496 e. The zero-order chi connectivity index (χ0) is 22.6. The second-order valence-electron chi connectivity index (χ2n) is 7.12. The van der Waals surface area contributed by atoms with Gasteiger partial charge >= 0.3 is 6.18 Å². The number of aryl methyl sites for hydroxylation is 1. The van der Waals surface area contributed by atoms with Crippen molar-refractivity contribution in [3.05, 3.63) is 59.7 Å². The first kappa shape index (κ1) is 23.1. The van der Waals surface area contributed by atoms with E-state index in [0.29, 0.717) is 18.2 Å². The van der Waals surface area contributed by atoms with Gasteiger partial charge in [0, 0.05) is 32.6 Å². The number of rotatable bonds is 6. The molecule has 1 fully saturated rings. The molecular weight excluding hydrogens is 433 g/mol. The molecule has 0 N–H and O–H groups in total. The van der Waals surface area contributed by atoms with Crippen molar-refractivity contribution < 1.29 is 31.1 Å². The molecule has 0 radical (unpaired) electrons. The number of methoxy groups -OCH3 is 1. The van der Waals surface area contributed by atoms with E-state index >= 15 is 0 Å². The summed E-state index contributed by atoms with van der Waals surface area (Å²) in [7, 11) is -2.52. The normalized spacial score (nSPS) is 15.7. The van der Waals surface area contributed by atoms with E-state index in [-0.39, 0.29) is 38.5 Å². The summed E-state index contributed by atoms with van der Waals surface area (Å²) in [5.41, 5.74) is -0.108. The molecule has 0 unspecified atom stereocenters. The van der Waals surface area contributed by atoms with E-state index < -0.39 is 26.7 Å². The predicted octanol–water partition coefficient (Wildman–Crippen LogP) is 3.18. The Morgan fingerprint density at radius 1 is 1.03 bits per heavy atom. The van der Waals surface area contributed by atoms with Crippen molar-refractivity contribution >= 4 is 15.9 Å². The van der Waals surface area contributed by atoms with Crippen molar-refractivity contribution in [2.75, 3.05) is 33.3 Å². The zero-order valence-corrected chi connectivity index (χ0v) is 17.7. The van der Waals surface area contributed by atoms with Gasteiger partial charge in [-0.15, -0.1) is 0 Å². The number of carbonyl (C=O) groups is 1. The van der Waals surface area contributed by atoms with E-state index in [2.05, 4.69) is 0 Å². The number of alkyl halides is 3. The van der Waals surface area contributed by atoms with E-state index in [9.17, 15) is 26.4 Å². The van der Waals surface area contributed by atoms with Crippen LogP contribution in [-0.4, -0.2) is 56.8 Å². The maximum Gasteiger partial charge on any atom is 0.416 e. The summed E-state index contributed by atoms with van der Waals surface area (Å²) in [6.45, 7) is 0.420. The standard InChI is InChI=1S/C21H23F3N2O4S/c1-30-19-8-3-2-5-16(19)9-10-20(27)25-11-13-26(14-12-25)31(28,29)18-7-4-6-17(15-18)21(22,23)24/h2-8,15H,9-14H2,1H3. The number of amides is 1. The second-order valence-corrected chi connectivity index (χ2v) is 9.06. The average Bonchev–Trinajstić information content (AvgIpc) is 2.77. The molecule has 31 heavy (non-hydrogen) atoms. The number of halogens is 3. The molecule has 0 aliphatic carbocycles. The number of para-hydroxylation sites is 1. The lowest BCUT2D eigenvalue weighted by molar-refractivity contribution is -0.137. The zero-order valence-electron chi connectivity index (χ0n) is 16.9. The van der Waals surface area contributed by atoms with Crippen molar-refractivity contribution in [1.29, 1.82) is 0 Å². The predicted molar refractivity (Wildman–Crippen MR) is 108 cm³/mol. The highest BCUT2D eigenvalue weighted by Crippen LogP contribution is 2.31. The summed E-state index contributed by atoms with van der Waals surface area (Å²) in [6.07, 6.45) is -3.88. The Morgan fingerprint density at radius 3 is 2.35 bits per heavy atom. The smallest absolute Gasteiger partial charge is 0.416 e. The maximum absolute atomic E-state index is 12.9. The number of hydrogen-bond acceptors (Lipinski definition) is 4. The Balaban J connectivity index is 1.60. The lowest BCUT2D eigenvalue weighted by Crippen LogP contribution is -2.50. The SMILES string of the molecule is COc1ccccc1CCC(=O)N1CCN(S(=O)(=O)c2cccc(C(F)(F)F)c2)CC1. The molecule has 6 nitrogen and oxygen atoms in total. The van der Waals surface area contributed by atoms with Crippen molar-refractivity contribution in [1.82, 2.24) is 9.21 Å². The Morgan fingerprint density at radius 2 is 1.71 bits per heavy atom. The summed E-state index contributed by atoms with van der Waals surface area (Å²) >= 11 is 0. The Kier molecular flexibility index (Phi) is 6.90. The van der Waals surface area contributed by atoms with Gasteiger partial charge in [-0.05, 0) is 36.2 Å². The first-order valence-electron chi connectivity index (χ1n) is 9.70. The number of hydrogen-bond donors (Lipinski definition) is 0. The van der Waals surface area contributed by atoms with Crippen molar-refractivity contribution in [2.24, 2.45) is 0 Å². The van der Waals surface area contributed by atoms with E-state index in [1.54, 1.807) is 12.0 Å². The second kappa shape index (κ2) is 9.27. The van der Waals surface area contributed by atoms with Crippen LogP contribution in [-0.2, 0) is 27.4 Å². The van der Waals surface area contributed by atoms with Gasteiger partial charge in [0.05, 0.1) is 17.6 Å². The highest BCUT2D eigenvalue weighted by Gasteiger charge is 2.34. The van der Waals surface area contributed by atoms with Gasteiger partial charge in [0.2, 0.25) is 15.9 Å². The van der Waals surface area contributed by atoms with Crippen LogP contribution in [0.15, 0.2) is 53.4 Å². The third kappa shape index (κ3) is 5.37. The summed E-state index contributed by atoms with van der Waals surface area (Å²) < 4.78 is 70.7. The Bertz CT molecular complexity index is 1030. The molecule has 1 amide bonds. The van der Waals surface area contributed by atoms with Crippen LogP contribution in [0.2, 0.25) is 0 Å². The van der Waals surface area contributed by atoms with Gasteiger partial charge in [0.15, 0.2) is 0 Å². The van der Waals surface area contributed by atoms with Crippen LogP contribution < -0.4 is 4.74 Å². The minimum atomic E-state index is -4.63. The molecule has 0 atom stereocenters. The van der Waals surface area contributed by atoms with E-state index in [0.717, 1.165) is 28.1 Å². The van der Waals surface area contributed by atoms with Crippen LogP contribution in [0.3, 0.4) is 0 Å². The number of piperazine rings is 1. The van der Waals surface area contributed by atoms with Crippen LogP contribution in [0.25, 0.3) is 0 Å². The molecule has 1 saturated heterocycles. The van der Waals surface area contributed by atoms with E-state index in [1.165, 1.54) is 0 Å². The Labute approximate surface area is 179 Å². The molecule has 168 valence electrons. The van der Waals surface area contributed by atoms with Gasteiger partial charge in [0.25, 0.3) is 0 Å². The number of nitrogens with zero attached hydrogens (tertiary/aromatic N) is 2. The van der Waals surface area contributed by atoms with Crippen LogP contribution in [0, 0.1) is 0 Å². The molecule has 10 heteroatoms. The maximum atomic E-state index is 12.9. The Hall–Kier alpha value is -2.59. The molecule has 2 aromatic rings. The van der Waals surface area contributed by atoms with Gasteiger partial charge < -0.3 is 9.64 Å². The molecule has 1 aliphatic heterocycles. The van der Waals surface area contributed by atoms with Gasteiger partial charge in [0.1, 0.15) is 5.75 Å². The van der Waals surface area contributed by atoms with Gasteiger partial charge in [-0.25, -0.2) is 8.42 Å². The fraction of sp³-hybridized carbons (Fsp3) is 0.381. The van der Waals surface area contributed by atoms with Gasteiger partial charge in [-0.2, -0.15) is 17.5 Å². The van der Waals surface area contributed by atoms with Crippen LogP contribution in [0.1, 0.15) is 17.5 Å². The first-order valence-corrected chi connectivity index (χ1v) is 11.1. The fourth-order valence-electron chi connectivity index (χ4n) is 3.47. The number of benzene rings is 2. The molecule has 1 heterocycles. The van der Waals surface area contributed by atoms with E-state index in [1.807, 2.05) is 24.3 Å². The van der Waals surface area contributed by atoms with Crippen LogP contribution >= 0.6 is 0 Å². The molecule has 0 bridgehead atoms. The van der Waals surface area contributed by atoms with Crippen molar-refractivity contribution in [3.63, 3.8) is 0 Å². The molecule has 2 aromatic carbocycles. The fourth-order valence-corrected chi connectivity index (χ4v) is 4.94. The number of sulfonamides is 1. The highest BCUT2D eigenvalue weighted by atomic mass is 32.2. The molecule has 0 saturated carbocycles. The average molecular weight is 456 g/mol. The van der Waals surface area contributed by atoms with Gasteiger partial charge in [-0.3, -0.25) is 4.79 Å². The molecule has 0 aromatic heterocycles. The summed E-state index contributed by atoms with van der Waals surface area (Å²) in [4.78, 5) is 13.7. The quantitative estimate of drug-likeness (QED) is 0.670. The highest BCUT2D eigenvalue weighted by molar-refractivity contribution is 7.89. The summed E-state index contributed by atoms with van der Waals surface area (Å²) in [5, 5.41) is 0. The summed E-state index contributed by atoms with van der Waals surface area (Å²) in [6, 6.07) is 11.1. The molecule has 0 spiro atoms. The van der Waals surface area contributed by atoms with Gasteiger partial charge in [-0.1, -0.05) is 24.3 Å². The molecule has 3 rings (SSSR count). The molecule has 1 aliphatic rings. The van der Waals surface area contributed by atoms with Crippen molar-refractivity contribution in [2.45, 2.75) is 23.9 Å². The minimum absolute atomic E-state index is 0.0268. The number of carbonyl (C=O) groups excluding carboxylic acids is 1. The van der Waals surface area contributed by atoms with Crippen LogP contribution in [0.5, 0.6) is 5.75 Å². The lowest BCUT2D eigenvalue weighted by Gasteiger charge is -2.34. The minimum Gasteiger partial charge on any atom is -0.496 e. The number of ether oxygens (including phenoxy) is 1. The topological polar surface area (TPSA) is 66.9 Å². The first-order chi connectivity index (χ1) is 14.6. The molecular formula is C21H23F3N2O4S. The third-order valence-electron chi connectivity index (χ3n) is 5.19.